The van der Waals surface area contributed by atoms with Crippen molar-refractivity contribution in [2.75, 3.05) is 20.1 Å². The van der Waals surface area contributed by atoms with Crippen LogP contribution in [0.5, 0.6) is 0 Å². The summed E-state index contributed by atoms with van der Waals surface area (Å²) in [7, 11) is 2.21. The fraction of sp³-hybridized carbons (Fsp3) is 0.529. The van der Waals surface area contributed by atoms with Gasteiger partial charge in [0.1, 0.15) is 6.10 Å². The van der Waals surface area contributed by atoms with E-state index >= 15 is 0 Å². The molecule has 1 aliphatic heterocycles. The Labute approximate surface area is 239 Å². The standard InChI is InChI=1S/C34H45N3O3/c1-25-10-8-11-27(22-25)24-37-30-14-6-7-15-31(30)40-32(34(37)39)23-26-16-18-28(19-17-26)33(38)35-20-9-21-36(2)29-12-4-3-5-13-29/h8,10-11,16-19,22-23,29-31H,3-7,9,12-15,20-21,24H2,1-2H3,(H,35,38)/b32-23+. The van der Waals surface area contributed by atoms with Gasteiger partial charge in [-0.3, -0.25) is 9.59 Å². The Balaban J connectivity index is 1.18. The maximum Gasteiger partial charge on any atom is 0.289 e. The molecule has 5 rings (SSSR count). The molecule has 2 saturated carbocycles. The lowest BCUT2D eigenvalue weighted by atomic mass is 9.89. The van der Waals surface area contributed by atoms with E-state index in [1.165, 1.54) is 37.7 Å². The van der Waals surface area contributed by atoms with Gasteiger partial charge in [0.15, 0.2) is 5.76 Å². The number of morpholine rings is 1. The summed E-state index contributed by atoms with van der Waals surface area (Å²) in [6.07, 6.45) is 13.7. The third kappa shape index (κ3) is 7.14. The van der Waals surface area contributed by atoms with Crippen LogP contribution in [0.1, 0.15) is 91.3 Å². The van der Waals surface area contributed by atoms with Crippen LogP contribution in [0.3, 0.4) is 0 Å². The Morgan fingerprint density at radius 3 is 2.55 bits per heavy atom. The van der Waals surface area contributed by atoms with Gasteiger partial charge in [-0.25, -0.2) is 0 Å². The smallest absolute Gasteiger partial charge is 0.289 e. The van der Waals surface area contributed by atoms with Crippen LogP contribution >= 0.6 is 0 Å². The van der Waals surface area contributed by atoms with E-state index in [0.717, 1.165) is 49.8 Å². The molecule has 0 radical (unpaired) electrons. The molecule has 2 amide bonds. The van der Waals surface area contributed by atoms with Crippen molar-refractivity contribution in [2.24, 2.45) is 0 Å². The number of carbonyl (C=O) groups is 2. The molecule has 1 heterocycles. The lowest BCUT2D eigenvalue weighted by molar-refractivity contribution is -0.149. The highest BCUT2D eigenvalue weighted by molar-refractivity contribution is 5.97. The van der Waals surface area contributed by atoms with Gasteiger partial charge in [0, 0.05) is 24.7 Å². The first kappa shape index (κ1) is 28.4. The molecule has 2 aromatic carbocycles. The summed E-state index contributed by atoms with van der Waals surface area (Å²) in [5, 5.41) is 3.06. The molecule has 0 spiro atoms. The number of amides is 2. The molecule has 1 saturated heterocycles. The second kappa shape index (κ2) is 13.5. The predicted molar refractivity (Wildman–Crippen MR) is 160 cm³/mol. The SMILES string of the molecule is Cc1cccc(CN2C(=O)/C(=C\c3ccc(C(=O)NCCCN(C)C4CCCCC4)cc3)OC3CCCCC32)c1. The van der Waals surface area contributed by atoms with Crippen LogP contribution in [0.25, 0.3) is 6.08 Å². The highest BCUT2D eigenvalue weighted by Gasteiger charge is 2.41. The topological polar surface area (TPSA) is 61.9 Å². The molecular weight excluding hydrogens is 498 g/mol. The molecule has 1 N–H and O–H groups in total. The number of hydrogen-bond donors (Lipinski definition) is 1. The van der Waals surface area contributed by atoms with Gasteiger partial charge in [0.25, 0.3) is 11.8 Å². The third-order valence-corrected chi connectivity index (χ3v) is 8.90. The second-order valence-electron chi connectivity index (χ2n) is 11.9. The maximum absolute atomic E-state index is 13.6. The average molecular weight is 544 g/mol. The van der Waals surface area contributed by atoms with Gasteiger partial charge in [-0.15, -0.1) is 0 Å². The van der Waals surface area contributed by atoms with Crippen molar-refractivity contribution in [3.63, 3.8) is 0 Å². The Morgan fingerprint density at radius 2 is 1.77 bits per heavy atom. The van der Waals surface area contributed by atoms with Gasteiger partial charge in [-0.2, -0.15) is 0 Å². The summed E-state index contributed by atoms with van der Waals surface area (Å²) in [5.74, 6) is 0.290. The van der Waals surface area contributed by atoms with Gasteiger partial charge in [0.2, 0.25) is 0 Å². The Hall–Kier alpha value is -3.12. The first-order chi connectivity index (χ1) is 19.5. The first-order valence-corrected chi connectivity index (χ1v) is 15.3. The number of rotatable bonds is 9. The zero-order valence-electron chi connectivity index (χ0n) is 24.2. The minimum absolute atomic E-state index is 0.0321. The molecule has 2 aliphatic carbocycles. The Bertz CT molecular complexity index is 1190. The van der Waals surface area contributed by atoms with Crippen LogP contribution in [-0.4, -0.2) is 59.9 Å². The van der Waals surface area contributed by atoms with Crippen molar-refractivity contribution in [3.05, 3.63) is 76.5 Å². The molecule has 214 valence electrons. The highest BCUT2D eigenvalue weighted by Crippen LogP contribution is 2.34. The van der Waals surface area contributed by atoms with E-state index in [9.17, 15) is 9.59 Å². The van der Waals surface area contributed by atoms with Gasteiger partial charge < -0.3 is 19.9 Å². The molecule has 40 heavy (non-hydrogen) atoms. The van der Waals surface area contributed by atoms with Crippen molar-refractivity contribution >= 4 is 17.9 Å². The monoisotopic (exact) mass is 543 g/mol. The summed E-state index contributed by atoms with van der Waals surface area (Å²) in [6, 6.07) is 16.7. The van der Waals surface area contributed by atoms with E-state index in [1.807, 2.05) is 35.2 Å². The van der Waals surface area contributed by atoms with Gasteiger partial charge in [-0.1, -0.05) is 67.6 Å². The summed E-state index contributed by atoms with van der Waals surface area (Å²) in [6.45, 7) is 4.36. The second-order valence-corrected chi connectivity index (χ2v) is 11.9. The lowest BCUT2D eigenvalue weighted by Crippen LogP contribution is -2.54. The largest absolute Gasteiger partial charge is 0.482 e. The molecule has 3 fully saturated rings. The number of nitrogens with one attached hydrogen (secondary N) is 1. The van der Waals surface area contributed by atoms with Crippen LogP contribution in [-0.2, 0) is 16.1 Å². The van der Waals surface area contributed by atoms with Gasteiger partial charge >= 0.3 is 0 Å². The van der Waals surface area contributed by atoms with Gasteiger partial charge in [-0.05, 0) is 88.4 Å². The molecule has 6 nitrogen and oxygen atoms in total. The van der Waals surface area contributed by atoms with Crippen molar-refractivity contribution in [2.45, 2.75) is 95.9 Å². The van der Waals surface area contributed by atoms with E-state index in [1.54, 1.807) is 0 Å². The van der Waals surface area contributed by atoms with Crippen molar-refractivity contribution < 1.29 is 14.3 Å². The fourth-order valence-electron chi connectivity index (χ4n) is 6.59. The molecule has 6 heteroatoms. The van der Waals surface area contributed by atoms with Crippen molar-refractivity contribution in [3.8, 4) is 0 Å². The third-order valence-electron chi connectivity index (χ3n) is 8.90. The number of ether oxygens (including phenoxy) is 1. The van der Waals surface area contributed by atoms with Crippen LogP contribution in [0.15, 0.2) is 54.3 Å². The van der Waals surface area contributed by atoms with Gasteiger partial charge in [0.05, 0.1) is 6.04 Å². The summed E-state index contributed by atoms with van der Waals surface area (Å²) >= 11 is 0. The maximum atomic E-state index is 13.6. The summed E-state index contributed by atoms with van der Waals surface area (Å²) in [5.41, 5.74) is 3.84. The minimum atomic E-state index is -0.0566. The number of hydrogen-bond acceptors (Lipinski definition) is 4. The molecule has 2 atom stereocenters. The summed E-state index contributed by atoms with van der Waals surface area (Å²) in [4.78, 5) is 30.8. The zero-order valence-corrected chi connectivity index (χ0v) is 24.2. The fourth-order valence-corrected chi connectivity index (χ4v) is 6.59. The summed E-state index contributed by atoms with van der Waals surface area (Å²) < 4.78 is 6.29. The average Bonchev–Trinajstić information content (AvgIpc) is 2.98. The van der Waals surface area contributed by atoms with Crippen molar-refractivity contribution in [1.29, 1.82) is 0 Å². The number of carbonyl (C=O) groups excluding carboxylic acids is 2. The van der Waals surface area contributed by atoms with Crippen molar-refractivity contribution in [1.82, 2.24) is 15.1 Å². The van der Waals surface area contributed by atoms with Crippen LogP contribution in [0, 0.1) is 6.92 Å². The molecule has 2 unspecified atom stereocenters. The first-order valence-electron chi connectivity index (χ1n) is 15.3. The Kier molecular flexibility index (Phi) is 9.58. The lowest BCUT2D eigenvalue weighted by Gasteiger charge is -2.44. The van der Waals surface area contributed by atoms with E-state index in [2.05, 4.69) is 48.5 Å². The van der Waals surface area contributed by atoms with E-state index in [0.29, 0.717) is 30.5 Å². The van der Waals surface area contributed by atoms with Crippen LogP contribution in [0.2, 0.25) is 0 Å². The van der Waals surface area contributed by atoms with Crippen LogP contribution < -0.4 is 5.32 Å². The highest BCUT2D eigenvalue weighted by atomic mass is 16.5. The number of nitrogens with zero attached hydrogens (tertiary/aromatic N) is 2. The normalized spacial score (nSPS) is 22.7. The quantitative estimate of drug-likeness (QED) is 0.307. The van der Waals surface area contributed by atoms with E-state index in [4.69, 9.17) is 4.74 Å². The number of fused-ring (bicyclic) bond motifs is 1. The molecule has 2 aromatic rings. The van der Waals surface area contributed by atoms with E-state index in [-0.39, 0.29) is 24.0 Å². The molecule has 0 aromatic heterocycles. The predicted octanol–water partition coefficient (Wildman–Crippen LogP) is 6.09. The minimum Gasteiger partial charge on any atom is -0.482 e. The molecule has 0 bridgehead atoms. The molecule has 3 aliphatic rings. The molecular formula is C34H45N3O3. The number of aryl methyl sites for hydroxylation is 1. The van der Waals surface area contributed by atoms with Crippen LogP contribution in [0.4, 0.5) is 0 Å². The Morgan fingerprint density at radius 1 is 1.02 bits per heavy atom. The zero-order chi connectivity index (χ0) is 27.9. The van der Waals surface area contributed by atoms with E-state index < -0.39 is 0 Å². The number of benzene rings is 2.